The molecule has 12 atom stereocenters. The van der Waals surface area contributed by atoms with Crippen LogP contribution in [0.2, 0.25) is 0 Å². The lowest BCUT2D eigenvalue weighted by Gasteiger charge is -2.63. The van der Waals surface area contributed by atoms with Crippen LogP contribution in [0.3, 0.4) is 0 Å². The van der Waals surface area contributed by atoms with Crippen LogP contribution in [0.15, 0.2) is 90.5 Å². The van der Waals surface area contributed by atoms with Crippen molar-refractivity contribution in [3.05, 3.63) is 107 Å². The van der Waals surface area contributed by atoms with Gasteiger partial charge in [0.25, 0.3) is 0 Å². The molecule has 3 saturated carbocycles. The van der Waals surface area contributed by atoms with Gasteiger partial charge in [0.15, 0.2) is 23.3 Å². The average molecular weight is 1320 g/mol. The van der Waals surface area contributed by atoms with Crippen LogP contribution in [0.4, 0.5) is 20.2 Å². The number of para-hydroxylation sites is 1. The molecule has 1 saturated heterocycles. The van der Waals surface area contributed by atoms with Gasteiger partial charge in [-0.2, -0.15) is 0 Å². The van der Waals surface area contributed by atoms with Gasteiger partial charge in [-0.3, -0.25) is 33.6 Å². The zero-order valence-electron chi connectivity index (χ0n) is 56.2. The van der Waals surface area contributed by atoms with Gasteiger partial charge in [0, 0.05) is 85.1 Å². The summed E-state index contributed by atoms with van der Waals surface area (Å²) in [6.45, 7) is 16.4. The summed E-state index contributed by atoms with van der Waals surface area (Å²) < 4.78 is 80.0. The monoisotopic (exact) mass is 1320 g/mol. The minimum absolute atomic E-state index is 0.0200. The summed E-state index contributed by atoms with van der Waals surface area (Å²) in [7, 11) is 3.03. The van der Waals surface area contributed by atoms with Gasteiger partial charge in [-0.25, -0.2) is 8.78 Å². The number of allylic oxidation sites excluding steroid dienone is 4. The number of rotatable bonds is 31. The zero-order chi connectivity index (χ0) is 68.7. The number of fused-ring (bicyclic) bond motifs is 9. The molecule has 4 amide bonds. The molecule has 20 nitrogen and oxygen atoms in total. The SMILES string of the molecule is CCCC1O[C@@H]2C[C@H]3[C@@H]4C[C@H](F)C5=CC(=O)C=C[C@]5(C)[C@@]4(F)[C@@H](O)C[C@]3(C)[C@]2(C(=O)COc2ccc(NC(=O)[C@H](C)CC(=O)[C@@H](C)C(C)C)c(OC)c2)O1.CNC(=O)CCOCCOCCOCCOCCNC(=O)CCC(=O)N1Cc2ccccc2C#Cc2ccccc21. The van der Waals surface area contributed by atoms with Gasteiger partial charge in [-0.05, 0) is 98.1 Å². The number of aliphatic hydroxyl groups excluding tert-OH is 1. The number of methoxy groups -OCH3 is 1. The van der Waals surface area contributed by atoms with Crippen LogP contribution in [-0.4, -0.2) is 162 Å². The normalized spacial score (nSPS) is 26.5. The Bertz CT molecular complexity index is 3370. The summed E-state index contributed by atoms with van der Waals surface area (Å²) in [6, 6.07) is 20.1. The molecule has 2 aliphatic heterocycles. The van der Waals surface area contributed by atoms with Gasteiger partial charge >= 0.3 is 0 Å². The lowest BCUT2D eigenvalue weighted by Crippen LogP contribution is -2.71. The number of hydrogen-bond acceptors (Lipinski definition) is 16. The quantitative estimate of drug-likeness (QED) is 0.0347. The molecule has 0 aromatic heterocycles. The number of carbonyl (C=O) groups excluding carboxylic acids is 7. The van der Waals surface area contributed by atoms with E-state index >= 15 is 8.78 Å². The molecule has 6 aliphatic rings. The summed E-state index contributed by atoms with van der Waals surface area (Å²) in [5, 5.41) is 20.0. The highest BCUT2D eigenvalue weighted by Gasteiger charge is 2.80. The number of halogens is 2. The van der Waals surface area contributed by atoms with Crippen molar-refractivity contribution in [1.82, 2.24) is 10.6 Å². The molecule has 3 aromatic rings. The van der Waals surface area contributed by atoms with Crippen molar-refractivity contribution in [3.8, 4) is 23.3 Å². The smallest absolute Gasteiger partial charge is 0.227 e. The fraction of sp³-hybridized carbons (Fsp3) is 0.575. The van der Waals surface area contributed by atoms with E-state index in [2.05, 4.69) is 27.8 Å². The van der Waals surface area contributed by atoms with Crippen molar-refractivity contribution in [3.63, 3.8) is 0 Å². The summed E-state index contributed by atoms with van der Waals surface area (Å²) in [6.07, 6.45) is 0.751. The number of alkyl halides is 2. The Morgan fingerprint density at radius 3 is 2.17 bits per heavy atom. The van der Waals surface area contributed by atoms with E-state index < -0.39 is 82.7 Å². The van der Waals surface area contributed by atoms with Gasteiger partial charge in [0.2, 0.25) is 29.4 Å². The summed E-state index contributed by atoms with van der Waals surface area (Å²) in [5.41, 5.74) is -2.81. The first-order chi connectivity index (χ1) is 45.4. The van der Waals surface area contributed by atoms with Crippen LogP contribution in [0, 0.1) is 52.3 Å². The van der Waals surface area contributed by atoms with E-state index in [0.717, 1.165) is 28.5 Å². The minimum Gasteiger partial charge on any atom is -0.494 e. The number of hydrogen-bond donors (Lipinski definition) is 4. The van der Waals surface area contributed by atoms with E-state index in [0.29, 0.717) is 90.9 Å². The minimum atomic E-state index is -2.31. The molecule has 4 N–H and O–H groups in total. The fourth-order valence-corrected chi connectivity index (χ4v) is 14.2. The summed E-state index contributed by atoms with van der Waals surface area (Å²) >= 11 is 0. The molecule has 1 unspecified atom stereocenters. The van der Waals surface area contributed by atoms with Crippen LogP contribution < -0.4 is 30.3 Å². The highest BCUT2D eigenvalue weighted by Crippen LogP contribution is 2.72. The molecule has 2 heterocycles. The van der Waals surface area contributed by atoms with Crippen LogP contribution in [0.1, 0.15) is 123 Å². The fourth-order valence-electron chi connectivity index (χ4n) is 14.2. The molecule has 9 rings (SSSR count). The standard InChI is InChI=1S/C42H55F2NO9.C31H39N3O7/c1-9-10-37-53-36-19-27-28-18-30(43)29-16-25(46)13-14-39(29,6)41(28,44)34(48)20-40(27,7)42(36,54-37)35(49)21-52-26-11-12-31(33(17-26)51-8)45-38(50)23(4)15-32(47)24(5)22(2)3;1-32-29(35)14-16-38-18-20-40-22-23-41-21-19-39-17-15-33-30(36)12-13-31(37)34-24-27-8-3-2-6-25(27)10-11-26-7-4-5-9-28(26)34/h11-14,16-17,22-24,27-28,30,34,36-37,48H,9-10,15,18-21H2,1-8H3,(H,45,50);2-9H,12-24H2,1H3,(H,32,35)(H,33,36)/t23-,24+,27+,28+,30+,34+,36-,37?,39+,40+,41+,42-;/m1./s1. The maximum atomic E-state index is 17.8. The number of ketones is 3. The van der Waals surface area contributed by atoms with Crippen molar-refractivity contribution < 1.29 is 85.3 Å². The van der Waals surface area contributed by atoms with Crippen molar-refractivity contribution >= 4 is 52.4 Å². The van der Waals surface area contributed by atoms with Crippen molar-refractivity contribution in [2.24, 2.45) is 40.4 Å². The number of nitrogens with zero attached hydrogens (tertiary/aromatic N) is 1. The van der Waals surface area contributed by atoms with Crippen LogP contribution in [-0.2, 0) is 68.5 Å². The summed E-state index contributed by atoms with van der Waals surface area (Å²) in [4.78, 5) is 90.8. The van der Waals surface area contributed by atoms with Gasteiger partial charge in [0.05, 0.1) is 90.1 Å². The van der Waals surface area contributed by atoms with E-state index in [-0.39, 0.29) is 96.8 Å². The Balaban J connectivity index is 0.000000253. The topological polar surface area (TPSA) is 253 Å². The molecular formula is C73H94F2N4O16. The second-order valence-corrected chi connectivity index (χ2v) is 26.1. The molecule has 3 aromatic carbocycles. The van der Waals surface area contributed by atoms with Crippen molar-refractivity contribution in [2.75, 3.05) is 90.4 Å². The number of nitrogens with one attached hydrogen (secondary N) is 3. The number of anilines is 2. The van der Waals surface area contributed by atoms with Gasteiger partial charge in [-0.15, -0.1) is 0 Å². The first-order valence-electron chi connectivity index (χ1n) is 33.2. The molecule has 95 heavy (non-hydrogen) atoms. The third-order valence-corrected chi connectivity index (χ3v) is 19.8. The lowest BCUT2D eigenvalue weighted by atomic mass is 9.44. The molecule has 0 radical (unpaired) electrons. The second-order valence-electron chi connectivity index (χ2n) is 26.1. The average Bonchev–Trinajstić information content (AvgIpc) is 1.58. The molecule has 22 heteroatoms. The predicted octanol–water partition coefficient (Wildman–Crippen LogP) is 8.71. The Kier molecular flexibility index (Phi) is 25.7. The van der Waals surface area contributed by atoms with Crippen LogP contribution in [0.25, 0.3) is 0 Å². The third kappa shape index (κ3) is 16.6. The molecule has 0 spiro atoms. The molecule has 4 fully saturated rings. The zero-order valence-corrected chi connectivity index (χ0v) is 56.2. The Morgan fingerprint density at radius 1 is 0.821 bits per heavy atom. The summed E-state index contributed by atoms with van der Waals surface area (Å²) in [5.74, 6) is 3.22. The van der Waals surface area contributed by atoms with Gasteiger partial charge < -0.3 is 63.9 Å². The number of benzene rings is 3. The Hall–Kier alpha value is -7.23. The number of ether oxygens (including phenoxy) is 8. The third-order valence-electron chi connectivity index (χ3n) is 19.8. The lowest BCUT2D eigenvalue weighted by molar-refractivity contribution is -0.234. The predicted molar refractivity (Wildman–Crippen MR) is 351 cm³/mol. The molecule has 516 valence electrons. The number of aliphatic hydroxyl groups is 1. The Labute approximate surface area is 556 Å². The molecule has 4 aliphatic carbocycles. The van der Waals surface area contributed by atoms with Gasteiger partial charge in [0.1, 0.15) is 30.1 Å². The van der Waals surface area contributed by atoms with E-state index in [1.807, 2.05) is 83.1 Å². The van der Waals surface area contributed by atoms with Crippen LogP contribution >= 0.6 is 0 Å². The molecule has 0 bridgehead atoms. The van der Waals surface area contributed by atoms with Gasteiger partial charge in [-0.1, -0.05) is 96.2 Å². The highest BCUT2D eigenvalue weighted by molar-refractivity contribution is 6.02. The Morgan fingerprint density at radius 2 is 1.48 bits per heavy atom. The maximum absolute atomic E-state index is 17.8. The van der Waals surface area contributed by atoms with E-state index in [4.69, 9.17) is 37.9 Å². The van der Waals surface area contributed by atoms with E-state index in [9.17, 15) is 38.7 Å². The van der Waals surface area contributed by atoms with E-state index in [1.54, 1.807) is 44.0 Å². The first-order valence-corrected chi connectivity index (χ1v) is 33.2. The van der Waals surface area contributed by atoms with Crippen molar-refractivity contribution in [2.45, 2.75) is 149 Å². The van der Waals surface area contributed by atoms with E-state index in [1.165, 1.54) is 19.3 Å². The highest BCUT2D eigenvalue weighted by atomic mass is 19.1. The maximum Gasteiger partial charge on any atom is 0.227 e. The first kappa shape index (κ1) is 73.6. The molecular weight excluding hydrogens is 1230 g/mol. The number of amides is 4. The van der Waals surface area contributed by atoms with Crippen molar-refractivity contribution in [1.29, 1.82) is 0 Å². The largest absolute Gasteiger partial charge is 0.494 e. The number of carbonyl (C=O) groups is 7. The number of Topliss-reactive ketones (excluding diaryl/α,β-unsaturated/α-hetero) is 2. The second kappa shape index (κ2) is 33.1. The van der Waals surface area contributed by atoms with Crippen LogP contribution in [0.5, 0.6) is 11.5 Å².